The van der Waals surface area contributed by atoms with Crippen molar-refractivity contribution in [3.63, 3.8) is 0 Å². The van der Waals surface area contributed by atoms with E-state index in [1.54, 1.807) is 0 Å². The lowest BCUT2D eigenvalue weighted by atomic mass is 10.1. The molecule has 8 heteroatoms. The molecule has 1 atom stereocenters. The quantitative estimate of drug-likeness (QED) is 0.308. The highest BCUT2D eigenvalue weighted by Gasteiger charge is 2.15. The van der Waals surface area contributed by atoms with Crippen molar-refractivity contribution in [3.8, 4) is 0 Å². The maximum absolute atomic E-state index is 10.8. The van der Waals surface area contributed by atoms with Gasteiger partial charge in [0.25, 0.3) is 10.1 Å². The highest BCUT2D eigenvalue weighted by Crippen LogP contribution is 2.01. The molecule has 0 radical (unpaired) electrons. The smallest absolute Gasteiger partial charge is 0.320 e. The Labute approximate surface area is 101 Å². The van der Waals surface area contributed by atoms with E-state index in [4.69, 9.17) is 15.4 Å². The topological polar surface area (TPSA) is 130 Å². The summed E-state index contributed by atoms with van der Waals surface area (Å²) >= 11 is 0. The lowest BCUT2D eigenvalue weighted by Crippen LogP contribution is -2.37. The van der Waals surface area contributed by atoms with E-state index in [0.717, 1.165) is 6.42 Å². The van der Waals surface area contributed by atoms with Crippen molar-refractivity contribution in [1.82, 2.24) is 5.32 Å². The van der Waals surface area contributed by atoms with E-state index in [-0.39, 0.29) is 18.7 Å². The number of hydrogen-bond donors (Lipinski definition) is 4. The molecule has 0 fully saturated rings. The Bertz CT molecular complexity index is 317. The van der Waals surface area contributed by atoms with Crippen molar-refractivity contribution in [2.24, 2.45) is 5.73 Å². The van der Waals surface area contributed by atoms with Crippen LogP contribution in [0.1, 0.15) is 25.7 Å². The maximum atomic E-state index is 10.8. The van der Waals surface area contributed by atoms with Crippen LogP contribution in [0.5, 0.6) is 0 Å². The molecule has 0 aliphatic rings. The Morgan fingerprint density at radius 1 is 1.29 bits per heavy atom. The van der Waals surface area contributed by atoms with Gasteiger partial charge in [-0.1, -0.05) is 6.42 Å². The van der Waals surface area contributed by atoms with E-state index in [0.29, 0.717) is 19.4 Å². The minimum Gasteiger partial charge on any atom is -0.480 e. The van der Waals surface area contributed by atoms with Crippen molar-refractivity contribution >= 4 is 16.1 Å². The fourth-order valence-electron chi connectivity index (χ4n) is 1.34. The molecule has 7 nitrogen and oxygen atoms in total. The van der Waals surface area contributed by atoms with Gasteiger partial charge in [-0.25, -0.2) is 0 Å². The summed E-state index contributed by atoms with van der Waals surface area (Å²) in [6, 6.07) is -0.692. The van der Waals surface area contributed by atoms with Gasteiger partial charge >= 0.3 is 5.97 Å². The molecule has 0 unspecified atom stereocenters. The molecule has 0 saturated heterocycles. The first kappa shape index (κ1) is 16.3. The molecule has 0 spiro atoms. The third kappa shape index (κ3) is 10.2. The molecule has 5 N–H and O–H groups in total. The van der Waals surface area contributed by atoms with Gasteiger partial charge in [-0.05, 0) is 32.4 Å². The van der Waals surface area contributed by atoms with E-state index < -0.39 is 22.1 Å². The van der Waals surface area contributed by atoms with Gasteiger partial charge in [0.2, 0.25) is 0 Å². The minimum absolute atomic E-state index is 0.180. The Kier molecular flexibility index (Phi) is 8.05. The van der Waals surface area contributed by atoms with Gasteiger partial charge in [-0.3, -0.25) is 9.35 Å². The third-order valence-corrected chi connectivity index (χ3v) is 3.02. The molecule has 0 aromatic carbocycles. The largest absolute Gasteiger partial charge is 0.480 e. The molecule has 0 rings (SSSR count). The summed E-state index contributed by atoms with van der Waals surface area (Å²) in [6.45, 7) is 0.758. The predicted molar refractivity (Wildman–Crippen MR) is 63.4 cm³/mol. The number of unbranched alkanes of at least 4 members (excludes halogenated alkanes) is 1. The number of nitrogens with two attached hydrogens (primary N) is 1. The van der Waals surface area contributed by atoms with Crippen LogP contribution in [0.4, 0.5) is 0 Å². The molecular weight excluding hydrogens is 248 g/mol. The van der Waals surface area contributed by atoms with Crippen molar-refractivity contribution in [1.29, 1.82) is 0 Å². The number of rotatable bonds is 10. The number of carboxylic acids is 1. The summed E-state index contributed by atoms with van der Waals surface area (Å²) in [5.41, 5.74) is 5.30. The molecule has 0 aromatic heterocycles. The second-order valence-corrected chi connectivity index (χ2v) is 5.34. The van der Waals surface area contributed by atoms with Gasteiger partial charge in [0.05, 0.1) is 5.75 Å². The monoisotopic (exact) mass is 268 g/mol. The Hall–Kier alpha value is -0.700. The first-order chi connectivity index (χ1) is 7.87. The molecule has 0 saturated carbocycles. The van der Waals surface area contributed by atoms with E-state index in [9.17, 15) is 13.2 Å². The zero-order chi connectivity index (χ0) is 13.3. The summed E-state index contributed by atoms with van der Waals surface area (Å²) < 4.78 is 29.3. The van der Waals surface area contributed by atoms with E-state index in [1.165, 1.54) is 0 Å². The normalized spacial score (nSPS) is 13.5. The average molecular weight is 268 g/mol. The SMILES string of the molecule is NCCCC[C@H](NCCCS(=O)(=O)O)C(=O)O. The molecule has 0 aliphatic carbocycles. The molecule has 102 valence electrons. The highest BCUT2D eigenvalue weighted by atomic mass is 32.2. The van der Waals surface area contributed by atoms with Crippen molar-refractivity contribution in [3.05, 3.63) is 0 Å². The molecule has 0 aliphatic heterocycles. The lowest BCUT2D eigenvalue weighted by molar-refractivity contribution is -0.139. The highest BCUT2D eigenvalue weighted by molar-refractivity contribution is 7.85. The predicted octanol–water partition coefficient (Wildman–Crippen LogP) is -0.564. The van der Waals surface area contributed by atoms with Crippen LogP contribution in [0, 0.1) is 0 Å². The van der Waals surface area contributed by atoms with Crippen LogP contribution in [-0.2, 0) is 14.9 Å². The molecule has 0 bridgehead atoms. The Morgan fingerprint density at radius 3 is 2.41 bits per heavy atom. The number of aliphatic carboxylic acids is 1. The second kappa shape index (κ2) is 8.40. The van der Waals surface area contributed by atoms with E-state index in [2.05, 4.69) is 5.32 Å². The Morgan fingerprint density at radius 2 is 1.94 bits per heavy atom. The van der Waals surface area contributed by atoms with Crippen LogP contribution in [0.3, 0.4) is 0 Å². The average Bonchev–Trinajstić information content (AvgIpc) is 2.19. The van der Waals surface area contributed by atoms with Crippen LogP contribution in [0.25, 0.3) is 0 Å². The molecule has 0 amide bonds. The van der Waals surface area contributed by atoms with Crippen LogP contribution in [-0.4, -0.2) is 48.9 Å². The maximum Gasteiger partial charge on any atom is 0.320 e. The summed E-state index contributed by atoms with van der Waals surface area (Å²) in [6.07, 6.45) is 2.10. The van der Waals surface area contributed by atoms with Crippen molar-refractivity contribution in [2.75, 3.05) is 18.8 Å². The fourth-order valence-corrected chi connectivity index (χ4v) is 1.85. The van der Waals surface area contributed by atoms with Gasteiger partial charge in [-0.15, -0.1) is 0 Å². The number of nitrogens with one attached hydrogen (secondary N) is 1. The van der Waals surface area contributed by atoms with Crippen LogP contribution >= 0.6 is 0 Å². The summed E-state index contributed by atoms with van der Waals surface area (Å²) in [7, 11) is -3.97. The Balaban J connectivity index is 3.81. The van der Waals surface area contributed by atoms with Gasteiger partial charge in [0.1, 0.15) is 6.04 Å². The van der Waals surface area contributed by atoms with Crippen LogP contribution < -0.4 is 11.1 Å². The minimum atomic E-state index is -3.97. The first-order valence-corrected chi connectivity index (χ1v) is 7.09. The van der Waals surface area contributed by atoms with Crippen molar-refractivity contribution < 1.29 is 22.9 Å². The van der Waals surface area contributed by atoms with Gasteiger partial charge in [0, 0.05) is 0 Å². The summed E-state index contributed by atoms with van der Waals surface area (Å²) in [4.78, 5) is 10.8. The summed E-state index contributed by atoms with van der Waals surface area (Å²) in [5, 5.41) is 11.6. The zero-order valence-electron chi connectivity index (χ0n) is 9.63. The lowest BCUT2D eigenvalue weighted by Gasteiger charge is -2.13. The third-order valence-electron chi connectivity index (χ3n) is 2.21. The van der Waals surface area contributed by atoms with Gasteiger partial charge in [0.15, 0.2) is 0 Å². The van der Waals surface area contributed by atoms with E-state index in [1.807, 2.05) is 0 Å². The fraction of sp³-hybridized carbons (Fsp3) is 0.889. The van der Waals surface area contributed by atoms with Crippen molar-refractivity contribution in [2.45, 2.75) is 31.7 Å². The van der Waals surface area contributed by atoms with Gasteiger partial charge in [-0.2, -0.15) is 8.42 Å². The number of hydrogen-bond acceptors (Lipinski definition) is 5. The van der Waals surface area contributed by atoms with Crippen LogP contribution in [0.2, 0.25) is 0 Å². The molecule has 0 heterocycles. The van der Waals surface area contributed by atoms with Gasteiger partial charge < -0.3 is 16.2 Å². The number of carboxylic acid groups (broad SMARTS) is 1. The molecule has 0 aromatic rings. The standard InChI is InChI=1S/C9H20N2O5S/c10-5-2-1-4-8(9(12)13)11-6-3-7-17(14,15)16/h8,11H,1-7,10H2,(H,12,13)(H,14,15,16)/t8-/m0/s1. The first-order valence-electron chi connectivity index (χ1n) is 5.48. The van der Waals surface area contributed by atoms with Crippen LogP contribution in [0.15, 0.2) is 0 Å². The number of carbonyl (C=O) groups is 1. The van der Waals surface area contributed by atoms with E-state index >= 15 is 0 Å². The molecular formula is C9H20N2O5S. The molecule has 17 heavy (non-hydrogen) atoms. The second-order valence-electron chi connectivity index (χ2n) is 3.77. The summed E-state index contributed by atoms with van der Waals surface area (Å²) in [5.74, 6) is -1.33. The zero-order valence-corrected chi connectivity index (χ0v) is 10.4.